The van der Waals surface area contributed by atoms with Gasteiger partial charge in [-0.1, -0.05) is 13.8 Å². The van der Waals surface area contributed by atoms with E-state index in [-0.39, 0.29) is 48.0 Å². The Bertz CT molecular complexity index is 1110. The first-order valence-corrected chi connectivity index (χ1v) is 15.9. The first-order valence-electron chi connectivity index (χ1n) is 15.9. The van der Waals surface area contributed by atoms with Crippen molar-refractivity contribution < 1.29 is 33.7 Å². The molecule has 9 nitrogen and oxygen atoms in total. The molecule has 6 aliphatic rings. The number of aliphatic hydroxyl groups is 1. The monoisotopic (exact) mass is 572 g/mol. The van der Waals surface area contributed by atoms with Gasteiger partial charge in [-0.15, -0.1) is 0 Å². The van der Waals surface area contributed by atoms with Crippen LogP contribution in [0.3, 0.4) is 0 Å². The number of ether oxygens (including phenoxy) is 3. The Balaban J connectivity index is 1.18. The maximum absolute atomic E-state index is 13.0. The van der Waals surface area contributed by atoms with Crippen molar-refractivity contribution in [3.63, 3.8) is 0 Å². The number of fused-ring (bicyclic) bond motifs is 5. The van der Waals surface area contributed by atoms with Crippen molar-refractivity contribution in [1.29, 1.82) is 0 Å². The molecule has 0 unspecified atom stereocenters. The smallest absolute Gasteiger partial charge is 0.410 e. The van der Waals surface area contributed by atoms with Crippen LogP contribution in [-0.4, -0.2) is 90.6 Å². The second-order valence-corrected chi connectivity index (χ2v) is 14.5. The van der Waals surface area contributed by atoms with E-state index in [1.807, 2.05) is 4.90 Å². The summed E-state index contributed by atoms with van der Waals surface area (Å²) in [5.41, 5.74) is -0.596. The van der Waals surface area contributed by atoms with E-state index in [4.69, 9.17) is 14.2 Å². The third-order valence-electron chi connectivity index (χ3n) is 12.4. The zero-order valence-electron chi connectivity index (χ0n) is 25.2. The van der Waals surface area contributed by atoms with Gasteiger partial charge >= 0.3 is 18.0 Å². The third kappa shape index (κ3) is 4.79. The topological polar surface area (TPSA) is 106 Å². The van der Waals surface area contributed by atoms with Gasteiger partial charge in [0.05, 0.1) is 5.60 Å². The molecule has 4 aliphatic carbocycles. The van der Waals surface area contributed by atoms with E-state index in [0.29, 0.717) is 18.3 Å². The second-order valence-electron chi connectivity index (χ2n) is 14.5. The van der Waals surface area contributed by atoms with Crippen molar-refractivity contribution in [3.8, 4) is 0 Å². The molecule has 0 bridgehead atoms. The average Bonchev–Trinajstić information content (AvgIpc) is 3.32. The summed E-state index contributed by atoms with van der Waals surface area (Å²) < 4.78 is 17.2. The van der Waals surface area contributed by atoms with Gasteiger partial charge in [0.15, 0.2) is 0 Å². The highest BCUT2D eigenvalue weighted by Crippen LogP contribution is 2.70. The summed E-state index contributed by atoms with van der Waals surface area (Å²) in [5, 5.41) is 12.7. The van der Waals surface area contributed by atoms with Crippen LogP contribution in [0.25, 0.3) is 0 Å². The Morgan fingerprint density at radius 2 is 1.83 bits per heavy atom. The SMILES string of the molecule is CC(=O)O[C@H]1C[C@]2(O)[C@@H]3CC[C@@H]4C[C@@H](OC(=O)N5CCCN(C)CC5)CC[C@]4(C)[C@H]3CC[C@]2(C)[C@H]1C1=CC(=O)OC1. The van der Waals surface area contributed by atoms with Crippen molar-refractivity contribution in [1.82, 2.24) is 9.80 Å². The molecule has 0 spiro atoms. The van der Waals surface area contributed by atoms with Gasteiger partial charge in [-0.3, -0.25) is 4.79 Å². The number of carbonyl (C=O) groups excluding carboxylic acids is 3. The van der Waals surface area contributed by atoms with Crippen molar-refractivity contribution in [2.24, 2.45) is 34.5 Å². The third-order valence-corrected chi connectivity index (χ3v) is 12.4. The van der Waals surface area contributed by atoms with E-state index >= 15 is 0 Å². The minimum atomic E-state index is -0.996. The van der Waals surface area contributed by atoms with Crippen molar-refractivity contribution in [2.45, 2.75) is 96.4 Å². The van der Waals surface area contributed by atoms with Gasteiger partial charge in [0.2, 0.25) is 0 Å². The van der Waals surface area contributed by atoms with Crippen LogP contribution in [0, 0.1) is 34.5 Å². The van der Waals surface area contributed by atoms with Crippen LogP contribution in [0.2, 0.25) is 0 Å². The van der Waals surface area contributed by atoms with E-state index in [2.05, 4.69) is 25.8 Å². The van der Waals surface area contributed by atoms with E-state index in [1.165, 1.54) is 6.92 Å². The molecule has 228 valence electrons. The fourth-order valence-corrected chi connectivity index (χ4v) is 10.3. The zero-order valence-corrected chi connectivity index (χ0v) is 25.2. The molecule has 1 saturated heterocycles. The lowest BCUT2D eigenvalue weighted by Gasteiger charge is -2.63. The predicted molar refractivity (Wildman–Crippen MR) is 151 cm³/mol. The molecule has 0 radical (unpaired) electrons. The highest BCUT2D eigenvalue weighted by Gasteiger charge is 2.71. The molecule has 1 amide bonds. The minimum Gasteiger partial charge on any atom is -0.462 e. The average molecular weight is 573 g/mol. The van der Waals surface area contributed by atoms with Crippen LogP contribution in [0.5, 0.6) is 0 Å². The molecular formula is C32H48N2O7. The highest BCUT2D eigenvalue weighted by atomic mass is 16.6. The Kier molecular flexibility index (Phi) is 7.45. The molecule has 5 fully saturated rings. The summed E-state index contributed by atoms with van der Waals surface area (Å²) in [7, 11) is 2.10. The molecule has 2 aliphatic heterocycles. The van der Waals surface area contributed by atoms with Gasteiger partial charge in [-0.2, -0.15) is 0 Å². The summed E-state index contributed by atoms with van der Waals surface area (Å²) in [6.45, 7) is 9.54. The molecule has 9 atom stereocenters. The van der Waals surface area contributed by atoms with Gasteiger partial charge in [-0.25, -0.2) is 9.59 Å². The second kappa shape index (κ2) is 10.5. The Hall–Kier alpha value is -2.13. The highest BCUT2D eigenvalue weighted by molar-refractivity contribution is 5.85. The van der Waals surface area contributed by atoms with Crippen LogP contribution >= 0.6 is 0 Å². The Morgan fingerprint density at radius 3 is 2.56 bits per heavy atom. The number of nitrogens with zero attached hydrogens (tertiary/aromatic N) is 2. The number of hydrogen-bond acceptors (Lipinski definition) is 8. The largest absolute Gasteiger partial charge is 0.462 e. The fourth-order valence-electron chi connectivity index (χ4n) is 10.3. The number of hydrogen-bond donors (Lipinski definition) is 1. The van der Waals surface area contributed by atoms with Crippen LogP contribution in [0.15, 0.2) is 11.6 Å². The lowest BCUT2D eigenvalue weighted by molar-refractivity contribution is -0.208. The fraction of sp³-hybridized carbons (Fsp3) is 0.844. The van der Waals surface area contributed by atoms with Gasteiger partial charge in [0.25, 0.3) is 0 Å². The lowest BCUT2D eigenvalue weighted by atomic mass is 9.43. The molecule has 1 N–H and O–H groups in total. The number of carbonyl (C=O) groups is 3. The molecule has 41 heavy (non-hydrogen) atoms. The lowest BCUT2D eigenvalue weighted by Crippen LogP contribution is -2.62. The van der Waals surface area contributed by atoms with Crippen LogP contribution < -0.4 is 0 Å². The van der Waals surface area contributed by atoms with Gasteiger partial charge < -0.3 is 29.1 Å². The summed E-state index contributed by atoms with van der Waals surface area (Å²) >= 11 is 0. The van der Waals surface area contributed by atoms with Crippen LogP contribution in [0.1, 0.15) is 78.6 Å². The molecule has 6 rings (SSSR count). The number of likely N-dealkylation sites (N-methyl/N-ethyl adjacent to an activating group) is 1. The molecule has 0 aromatic heterocycles. The van der Waals surface area contributed by atoms with Gasteiger partial charge in [0.1, 0.15) is 18.8 Å². The van der Waals surface area contributed by atoms with E-state index in [9.17, 15) is 19.5 Å². The summed E-state index contributed by atoms with van der Waals surface area (Å²) in [5.74, 6) is -0.0552. The van der Waals surface area contributed by atoms with E-state index in [1.54, 1.807) is 6.08 Å². The van der Waals surface area contributed by atoms with Gasteiger partial charge in [0, 0.05) is 50.4 Å². The molecule has 0 aromatic rings. The van der Waals surface area contributed by atoms with Crippen LogP contribution in [-0.2, 0) is 23.8 Å². The minimum absolute atomic E-state index is 0.0499. The number of cyclic esters (lactones) is 1. The van der Waals surface area contributed by atoms with E-state index in [0.717, 1.165) is 83.1 Å². The predicted octanol–water partition coefficient (Wildman–Crippen LogP) is 3.93. The summed E-state index contributed by atoms with van der Waals surface area (Å²) in [4.78, 5) is 41.3. The molecule has 9 heteroatoms. The molecule has 0 aromatic carbocycles. The number of esters is 2. The van der Waals surface area contributed by atoms with E-state index < -0.39 is 17.1 Å². The zero-order chi connectivity index (χ0) is 29.2. The Labute approximate surface area is 243 Å². The molecule has 2 heterocycles. The first-order chi connectivity index (χ1) is 19.4. The number of rotatable bonds is 3. The number of amides is 1. The Morgan fingerprint density at radius 1 is 1.02 bits per heavy atom. The van der Waals surface area contributed by atoms with Crippen molar-refractivity contribution >= 4 is 18.0 Å². The normalized spacial score (nSPS) is 44.6. The maximum Gasteiger partial charge on any atom is 0.410 e. The molecule has 4 saturated carbocycles. The molecular weight excluding hydrogens is 524 g/mol. The summed E-state index contributed by atoms with van der Waals surface area (Å²) in [6.07, 6.45) is 8.66. The summed E-state index contributed by atoms with van der Waals surface area (Å²) in [6, 6.07) is 0. The first kappa shape index (κ1) is 29.0. The van der Waals surface area contributed by atoms with Crippen molar-refractivity contribution in [3.05, 3.63) is 11.6 Å². The van der Waals surface area contributed by atoms with Crippen molar-refractivity contribution in [2.75, 3.05) is 39.8 Å². The quantitative estimate of drug-likeness (QED) is 0.401. The maximum atomic E-state index is 13.0. The van der Waals surface area contributed by atoms with Gasteiger partial charge in [-0.05, 0) is 93.7 Å². The standard InChI is InChI=1S/C32H48N2O7/c1-20(35)40-26-18-32(38)25-7-6-22-17-23(41-29(37)34-13-5-12-33(4)14-15-34)8-10-30(22,2)24(25)9-11-31(32,3)28(26)21-16-27(36)39-19-21/h16,22-26,28,38H,5-15,17-19H2,1-4H3/t22-,23+,24+,25-,26+,28+,30+,31-,32+/m1/s1. The van der Waals surface area contributed by atoms with Crippen LogP contribution in [0.4, 0.5) is 4.79 Å².